The molecule has 1 aliphatic heterocycles. The van der Waals surface area contributed by atoms with Crippen LogP contribution in [0.1, 0.15) is 21.5 Å². The second kappa shape index (κ2) is 8.52. The van der Waals surface area contributed by atoms with Crippen LogP contribution in [0, 0.1) is 0 Å². The van der Waals surface area contributed by atoms with Crippen molar-refractivity contribution in [3.05, 3.63) is 77.5 Å². The molecule has 148 valence electrons. The maximum absolute atomic E-state index is 12.4. The lowest BCUT2D eigenvalue weighted by Gasteiger charge is -2.10. The van der Waals surface area contributed by atoms with Gasteiger partial charge >= 0.3 is 0 Å². The highest BCUT2D eigenvalue weighted by molar-refractivity contribution is 5.94. The van der Waals surface area contributed by atoms with Crippen molar-refractivity contribution in [2.24, 2.45) is 0 Å². The molecule has 0 spiro atoms. The van der Waals surface area contributed by atoms with Crippen molar-refractivity contribution in [1.82, 2.24) is 10.3 Å². The third-order valence-electron chi connectivity index (χ3n) is 4.57. The fourth-order valence-electron chi connectivity index (χ4n) is 3.00. The van der Waals surface area contributed by atoms with Crippen LogP contribution in [0.3, 0.4) is 0 Å². The third kappa shape index (κ3) is 4.40. The van der Waals surface area contributed by atoms with Gasteiger partial charge in [-0.3, -0.25) is 4.79 Å². The van der Waals surface area contributed by atoms with Crippen molar-refractivity contribution in [3.8, 4) is 17.2 Å². The monoisotopic (exact) mass is 391 g/mol. The van der Waals surface area contributed by atoms with Gasteiger partial charge in [0.05, 0.1) is 12.7 Å². The Labute approximate surface area is 168 Å². The molecule has 0 atom stereocenters. The minimum absolute atomic E-state index is 0.189. The number of hydrogen-bond donors (Lipinski definition) is 2. The van der Waals surface area contributed by atoms with E-state index in [0.717, 1.165) is 28.4 Å². The first-order valence-electron chi connectivity index (χ1n) is 9.21. The predicted molar refractivity (Wildman–Crippen MR) is 108 cm³/mol. The average molecular weight is 391 g/mol. The minimum atomic E-state index is -0.189. The largest absolute Gasteiger partial charge is 0.496 e. The van der Waals surface area contributed by atoms with Gasteiger partial charge < -0.3 is 24.8 Å². The molecule has 0 fully saturated rings. The molecule has 1 amide bonds. The quantitative estimate of drug-likeness (QED) is 0.643. The Bertz CT molecular complexity index is 1010. The second-order valence-corrected chi connectivity index (χ2v) is 6.47. The first-order valence-corrected chi connectivity index (χ1v) is 9.21. The molecule has 7 nitrogen and oxygen atoms in total. The molecule has 7 heteroatoms. The number of rotatable bonds is 7. The first kappa shape index (κ1) is 18.6. The van der Waals surface area contributed by atoms with Gasteiger partial charge in [0.2, 0.25) is 6.79 Å². The van der Waals surface area contributed by atoms with Crippen LogP contribution in [0.4, 0.5) is 5.82 Å². The van der Waals surface area contributed by atoms with Crippen LogP contribution in [-0.4, -0.2) is 24.8 Å². The molecule has 0 aliphatic carbocycles. The molecule has 0 saturated carbocycles. The van der Waals surface area contributed by atoms with Crippen LogP contribution in [0.15, 0.2) is 60.8 Å². The number of amides is 1. The summed E-state index contributed by atoms with van der Waals surface area (Å²) in [4.78, 5) is 16.7. The van der Waals surface area contributed by atoms with E-state index >= 15 is 0 Å². The van der Waals surface area contributed by atoms with Crippen LogP contribution >= 0.6 is 0 Å². The molecular weight excluding hydrogens is 370 g/mol. The Morgan fingerprint density at radius 1 is 1.07 bits per heavy atom. The molecular formula is C22H21N3O4. The number of methoxy groups -OCH3 is 1. The number of nitrogens with one attached hydrogen (secondary N) is 2. The van der Waals surface area contributed by atoms with E-state index in [1.807, 2.05) is 42.5 Å². The maximum Gasteiger partial charge on any atom is 0.253 e. The van der Waals surface area contributed by atoms with Gasteiger partial charge in [-0.25, -0.2) is 4.98 Å². The van der Waals surface area contributed by atoms with Crippen molar-refractivity contribution >= 4 is 11.7 Å². The normalized spacial score (nSPS) is 11.8. The van der Waals surface area contributed by atoms with Crippen LogP contribution in [-0.2, 0) is 13.1 Å². The van der Waals surface area contributed by atoms with Gasteiger partial charge in [0.15, 0.2) is 11.5 Å². The maximum atomic E-state index is 12.4. The third-order valence-corrected chi connectivity index (χ3v) is 4.57. The van der Waals surface area contributed by atoms with E-state index in [-0.39, 0.29) is 12.7 Å². The number of anilines is 1. The SMILES string of the molecule is COc1ccccc1CNC(=O)c1ccc(NCc2ccc3c(c2)OCO3)nc1. The highest BCUT2D eigenvalue weighted by atomic mass is 16.7. The Kier molecular flexibility index (Phi) is 5.47. The lowest BCUT2D eigenvalue weighted by Crippen LogP contribution is -2.23. The van der Waals surface area contributed by atoms with E-state index in [4.69, 9.17) is 14.2 Å². The molecule has 2 heterocycles. The zero-order valence-corrected chi connectivity index (χ0v) is 16.0. The van der Waals surface area contributed by atoms with E-state index in [1.165, 1.54) is 0 Å². The summed E-state index contributed by atoms with van der Waals surface area (Å²) in [6.07, 6.45) is 1.56. The van der Waals surface area contributed by atoms with Gasteiger partial charge in [-0.1, -0.05) is 24.3 Å². The van der Waals surface area contributed by atoms with E-state index in [9.17, 15) is 4.79 Å². The molecule has 1 aliphatic rings. The van der Waals surface area contributed by atoms with Gasteiger partial charge in [0.1, 0.15) is 11.6 Å². The second-order valence-electron chi connectivity index (χ2n) is 6.47. The number of benzene rings is 2. The summed E-state index contributed by atoms with van der Waals surface area (Å²) in [5.41, 5.74) is 2.46. The molecule has 0 unspecified atom stereocenters. The number of ether oxygens (including phenoxy) is 3. The molecule has 29 heavy (non-hydrogen) atoms. The fraction of sp³-hybridized carbons (Fsp3) is 0.182. The first-order chi connectivity index (χ1) is 14.2. The van der Waals surface area contributed by atoms with Crippen LogP contribution in [0.25, 0.3) is 0 Å². The Morgan fingerprint density at radius 3 is 2.76 bits per heavy atom. The summed E-state index contributed by atoms with van der Waals surface area (Å²) < 4.78 is 16.0. The number of carbonyl (C=O) groups is 1. The average Bonchev–Trinajstić information content (AvgIpc) is 3.24. The topological polar surface area (TPSA) is 81.7 Å². The van der Waals surface area contributed by atoms with Crippen LogP contribution in [0.2, 0.25) is 0 Å². The number of hydrogen-bond acceptors (Lipinski definition) is 6. The molecule has 3 aromatic rings. The molecule has 2 N–H and O–H groups in total. The van der Waals surface area contributed by atoms with Crippen molar-refractivity contribution in [1.29, 1.82) is 0 Å². The van der Waals surface area contributed by atoms with Crippen molar-refractivity contribution in [2.75, 3.05) is 19.2 Å². The smallest absolute Gasteiger partial charge is 0.253 e. The van der Waals surface area contributed by atoms with Crippen LogP contribution in [0.5, 0.6) is 17.2 Å². The number of fused-ring (bicyclic) bond motifs is 1. The number of nitrogens with zero attached hydrogens (tertiary/aromatic N) is 1. The zero-order chi connectivity index (χ0) is 20.1. The molecule has 0 bridgehead atoms. The van der Waals surface area contributed by atoms with Crippen molar-refractivity contribution in [2.45, 2.75) is 13.1 Å². The zero-order valence-electron chi connectivity index (χ0n) is 16.0. The van der Waals surface area contributed by atoms with Gasteiger partial charge in [0.25, 0.3) is 5.91 Å². The highest BCUT2D eigenvalue weighted by Crippen LogP contribution is 2.32. The van der Waals surface area contributed by atoms with Gasteiger partial charge in [-0.2, -0.15) is 0 Å². The summed E-state index contributed by atoms with van der Waals surface area (Å²) in [5, 5.41) is 6.12. The minimum Gasteiger partial charge on any atom is -0.496 e. The number of carbonyl (C=O) groups excluding carboxylic acids is 1. The van der Waals surface area contributed by atoms with E-state index in [1.54, 1.807) is 25.4 Å². The van der Waals surface area contributed by atoms with Gasteiger partial charge in [-0.05, 0) is 35.9 Å². The fourth-order valence-corrected chi connectivity index (χ4v) is 3.00. The lowest BCUT2D eigenvalue weighted by molar-refractivity contribution is 0.0950. The Morgan fingerprint density at radius 2 is 1.93 bits per heavy atom. The number of pyridine rings is 1. The summed E-state index contributed by atoms with van der Waals surface area (Å²) in [7, 11) is 1.61. The highest BCUT2D eigenvalue weighted by Gasteiger charge is 2.13. The number of para-hydroxylation sites is 1. The number of aromatic nitrogens is 1. The predicted octanol–water partition coefficient (Wildman–Crippen LogP) is 3.36. The summed E-state index contributed by atoms with van der Waals surface area (Å²) in [5.74, 6) is 2.75. The molecule has 4 rings (SSSR count). The van der Waals surface area contributed by atoms with Crippen molar-refractivity contribution < 1.29 is 19.0 Å². The summed E-state index contributed by atoms with van der Waals surface area (Å²) in [6, 6.07) is 16.9. The molecule has 0 radical (unpaired) electrons. The van der Waals surface area contributed by atoms with E-state index in [0.29, 0.717) is 24.5 Å². The molecule has 1 aromatic heterocycles. The Hall–Kier alpha value is -3.74. The lowest BCUT2D eigenvalue weighted by atomic mass is 10.2. The summed E-state index contributed by atoms with van der Waals surface area (Å²) >= 11 is 0. The molecule has 2 aromatic carbocycles. The van der Waals surface area contributed by atoms with E-state index < -0.39 is 0 Å². The molecule has 0 saturated heterocycles. The standard InChI is InChI=1S/C22H21N3O4/c1-27-18-5-3-2-4-16(18)12-25-22(26)17-7-9-21(24-13-17)23-11-15-6-8-19-20(10-15)29-14-28-19/h2-10,13H,11-12,14H2,1H3,(H,23,24)(H,25,26). The van der Waals surface area contributed by atoms with Gasteiger partial charge in [0, 0.05) is 24.8 Å². The van der Waals surface area contributed by atoms with Crippen molar-refractivity contribution in [3.63, 3.8) is 0 Å². The van der Waals surface area contributed by atoms with E-state index in [2.05, 4.69) is 15.6 Å². The summed E-state index contributed by atoms with van der Waals surface area (Å²) in [6.45, 7) is 1.23. The Balaban J connectivity index is 1.32. The van der Waals surface area contributed by atoms with Crippen LogP contribution < -0.4 is 24.8 Å². The van der Waals surface area contributed by atoms with Gasteiger partial charge in [-0.15, -0.1) is 0 Å².